The number of rotatable bonds is 5. The van der Waals surface area contributed by atoms with Crippen LogP contribution in [0.3, 0.4) is 0 Å². The van der Waals surface area contributed by atoms with Crippen molar-refractivity contribution in [2.75, 3.05) is 11.8 Å². The summed E-state index contributed by atoms with van der Waals surface area (Å²) in [5.41, 5.74) is 0.145. The van der Waals surface area contributed by atoms with Crippen LogP contribution in [-0.4, -0.2) is 11.8 Å². The van der Waals surface area contributed by atoms with Crippen LogP contribution in [0.15, 0.2) is 18.2 Å². The molecule has 0 radical (unpaired) electrons. The van der Waals surface area contributed by atoms with E-state index >= 15 is 0 Å². The molecule has 0 heterocycles. The molecule has 0 aliphatic heterocycles. The summed E-state index contributed by atoms with van der Waals surface area (Å²) in [7, 11) is 0. The van der Waals surface area contributed by atoms with E-state index in [4.69, 9.17) is 23.2 Å². The van der Waals surface area contributed by atoms with Crippen LogP contribution in [0, 0.1) is 17.0 Å². The van der Waals surface area contributed by atoms with Gasteiger partial charge >= 0.3 is 0 Å². The van der Waals surface area contributed by atoms with Gasteiger partial charge in [0.1, 0.15) is 11.6 Å². The highest BCUT2D eigenvalue weighted by molar-refractivity contribution is 6.21. The molecular weight excluding hydrogens is 253 g/mol. The second-order valence-electron chi connectivity index (χ2n) is 4.03. The zero-order valence-corrected chi connectivity index (χ0v) is 10.6. The zero-order valence-electron chi connectivity index (χ0n) is 9.07. The van der Waals surface area contributed by atoms with Gasteiger partial charge in [-0.15, -0.1) is 23.2 Å². The number of alkyl halides is 2. The lowest BCUT2D eigenvalue weighted by Crippen LogP contribution is -2.27. The summed E-state index contributed by atoms with van der Waals surface area (Å²) in [6, 6.07) is 3.59. The summed E-state index contributed by atoms with van der Waals surface area (Å²) < 4.78 is 26.2. The topological polar surface area (TPSA) is 0 Å². The molecule has 0 unspecified atom stereocenters. The number of hydrogen-bond acceptors (Lipinski definition) is 0. The van der Waals surface area contributed by atoms with Gasteiger partial charge in [0.25, 0.3) is 0 Å². The minimum absolute atomic E-state index is 0.318. The van der Waals surface area contributed by atoms with Crippen molar-refractivity contribution in [2.24, 2.45) is 5.41 Å². The lowest BCUT2D eigenvalue weighted by atomic mass is 9.83. The van der Waals surface area contributed by atoms with Gasteiger partial charge < -0.3 is 0 Å². The fraction of sp³-hybridized carbons (Fsp3) is 0.500. The van der Waals surface area contributed by atoms with Crippen molar-refractivity contribution in [2.45, 2.75) is 19.8 Å². The molecule has 16 heavy (non-hydrogen) atoms. The molecule has 0 aliphatic carbocycles. The van der Waals surface area contributed by atoms with Gasteiger partial charge in [-0.3, -0.25) is 0 Å². The molecule has 0 aliphatic rings. The van der Waals surface area contributed by atoms with Crippen LogP contribution in [0.5, 0.6) is 0 Å². The molecule has 0 saturated heterocycles. The van der Waals surface area contributed by atoms with Crippen molar-refractivity contribution in [3.05, 3.63) is 35.4 Å². The van der Waals surface area contributed by atoms with Gasteiger partial charge in [-0.1, -0.05) is 13.0 Å². The van der Waals surface area contributed by atoms with Gasteiger partial charge in [-0.2, -0.15) is 0 Å². The van der Waals surface area contributed by atoms with Crippen molar-refractivity contribution in [1.82, 2.24) is 0 Å². The van der Waals surface area contributed by atoms with Gasteiger partial charge in [-0.05, 0) is 24.5 Å². The fourth-order valence-electron chi connectivity index (χ4n) is 1.51. The molecule has 90 valence electrons. The average molecular weight is 267 g/mol. The summed E-state index contributed by atoms with van der Waals surface area (Å²) in [5, 5.41) is 0. The van der Waals surface area contributed by atoms with Gasteiger partial charge in [-0.25, -0.2) is 8.78 Å². The Hall–Kier alpha value is -0.340. The first kappa shape index (κ1) is 13.7. The molecule has 0 bridgehead atoms. The molecule has 0 nitrogen and oxygen atoms in total. The number of hydrogen-bond donors (Lipinski definition) is 0. The van der Waals surface area contributed by atoms with E-state index in [2.05, 4.69) is 0 Å². The van der Waals surface area contributed by atoms with Gasteiger partial charge in [0.05, 0.1) is 0 Å². The van der Waals surface area contributed by atoms with Crippen molar-refractivity contribution in [3.8, 4) is 0 Å². The van der Waals surface area contributed by atoms with E-state index in [0.717, 1.165) is 12.5 Å². The van der Waals surface area contributed by atoms with Crippen LogP contribution < -0.4 is 0 Å². The van der Waals surface area contributed by atoms with Crippen LogP contribution in [-0.2, 0) is 6.42 Å². The van der Waals surface area contributed by atoms with E-state index in [9.17, 15) is 8.78 Å². The second kappa shape index (κ2) is 5.83. The van der Waals surface area contributed by atoms with Gasteiger partial charge in [0.15, 0.2) is 0 Å². The van der Waals surface area contributed by atoms with Crippen LogP contribution in [0.4, 0.5) is 8.78 Å². The molecule has 0 amide bonds. The molecule has 0 N–H and O–H groups in total. The molecule has 0 saturated carbocycles. The summed E-state index contributed by atoms with van der Waals surface area (Å²) >= 11 is 11.8. The maximum Gasteiger partial charge on any atom is 0.129 e. The van der Waals surface area contributed by atoms with E-state index in [0.29, 0.717) is 23.7 Å². The SMILES string of the molecule is CCC(CCl)(CCl)Cc1ccc(F)cc1F. The normalized spacial score (nSPS) is 11.8. The third kappa shape index (κ3) is 3.08. The predicted octanol–water partition coefficient (Wildman–Crippen LogP) is 4.38. The third-order valence-corrected chi connectivity index (χ3v) is 4.03. The summed E-state index contributed by atoms with van der Waals surface area (Å²) in [5.74, 6) is -0.374. The Balaban J connectivity index is 2.93. The van der Waals surface area contributed by atoms with E-state index < -0.39 is 11.6 Å². The first-order valence-electron chi connectivity index (χ1n) is 5.13. The Labute approximate surface area is 105 Å². The van der Waals surface area contributed by atoms with Gasteiger partial charge in [0.2, 0.25) is 0 Å². The second-order valence-corrected chi connectivity index (χ2v) is 4.57. The predicted molar refractivity (Wildman–Crippen MR) is 64.2 cm³/mol. The zero-order chi connectivity index (χ0) is 12.2. The minimum Gasteiger partial charge on any atom is -0.207 e. The minimum atomic E-state index is -0.569. The van der Waals surface area contributed by atoms with Crippen molar-refractivity contribution in [3.63, 3.8) is 0 Å². The average Bonchev–Trinajstić information content (AvgIpc) is 2.29. The Bertz CT molecular complexity index is 341. The smallest absolute Gasteiger partial charge is 0.129 e. The summed E-state index contributed by atoms with van der Waals surface area (Å²) in [6.07, 6.45) is 1.19. The largest absolute Gasteiger partial charge is 0.207 e. The summed E-state index contributed by atoms with van der Waals surface area (Å²) in [6.45, 7) is 1.96. The van der Waals surface area contributed by atoms with Crippen molar-refractivity contribution in [1.29, 1.82) is 0 Å². The first-order chi connectivity index (χ1) is 7.56. The molecule has 1 rings (SSSR count). The Kier molecular flexibility index (Phi) is 5.00. The molecular formula is C12H14Cl2F2. The maximum atomic E-state index is 13.5. The van der Waals surface area contributed by atoms with E-state index in [1.807, 2.05) is 6.92 Å². The third-order valence-electron chi connectivity index (χ3n) is 2.90. The van der Waals surface area contributed by atoms with Crippen LogP contribution in [0.1, 0.15) is 18.9 Å². The quantitative estimate of drug-likeness (QED) is 0.694. The fourth-order valence-corrected chi connectivity index (χ4v) is 2.37. The molecule has 0 aromatic heterocycles. The van der Waals surface area contributed by atoms with Crippen molar-refractivity contribution >= 4 is 23.2 Å². The maximum absolute atomic E-state index is 13.5. The van der Waals surface area contributed by atoms with E-state index in [1.165, 1.54) is 12.1 Å². The Morgan fingerprint density at radius 3 is 2.25 bits per heavy atom. The highest BCUT2D eigenvalue weighted by Gasteiger charge is 2.27. The van der Waals surface area contributed by atoms with Gasteiger partial charge in [0, 0.05) is 23.2 Å². The van der Waals surface area contributed by atoms with Crippen LogP contribution in [0.25, 0.3) is 0 Å². The van der Waals surface area contributed by atoms with Crippen LogP contribution in [0.2, 0.25) is 0 Å². The van der Waals surface area contributed by atoms with Crippen LogP contribution >= 0.6 is 23.2 Å². The molecule has 0 fully saturated rings. The molecule has 4 heteroatoms. The van der Waals surface area contributed by atoms with Crippen molar-refractivity contribution < 1.29 is 8.78 Å². The van der Waals surface area contributed by atoms with E-state index in [1.54, 1.807) is 0 Å². The number of halogens is 4. The molecule has 0 spiro atoms. The highest BCUT2D eigenvalue weighted by atomic mass is 35.5. The highest BCUT2D eigenvalue weighted by Crippen LogP contribution is 2.31. The first-order valence-corrected chi connectivity index (χ1v) is 6.19. The van der Waals surface area contributed by atoms with E-state index in [-0.39, 0.29) is 5.41 Å². The monoisotopic (exact) mass is 266 g/mol. The lowest BCUT2D eigenvalue weighted by Gasteiger charge is -2.28. The molecule has 0 atom stereocenters. The Morgan fingerprint density at radius 1 is 1.19 bits per heavy atom. The molecule has 1 aromatic rings. The standard InChI is InChI=1S/C12H14Cl2F2/c1-2-12(7-13,8-14)6-9-3-4-10(15)5-11(9)16/h3-5H,2,6-8H2,1H3. The molecule has 1 aromatic carbocycles. The lowest BCUT2D eigenvalue weighted by molar-refractivity contribution is 0.355. The summed E-state index contributed by atoms with van der Waals surface area (Å²) in [4.78, 5) is 0. The number of benzene rings is 1. The Morgan fingerprint density at radius 2 is 1.81 bits per heavy atom.